The monoisotopic (exact) mass is 530 g/mol. The zero-order valence-corrected chi connectivity index (χ0v) is 17.6. The number of hydrogen-bond donors (Lipinski definition) is 4. The van der Waals surface area contributed by atoms with Gasteiger partial charge in [-0.2, -0.15) is 0 Å². The largest absolute Gasteiger partial charge is 0.506 e. The molecule has 4 N–H and O–H groups in total. The van der Waals surface area contributed by atoms with Crippen molar-refractivity contribution in [3.8, 4) is 5.75 Å². The summed E-state index contributed by atoms with van der Waals surface area (Å²) in [6.45, 7) is 0.0497. The van der Waals surface area contributed by atoms with Gasteiger partial charge in [0.2, 0.25) is 0 Å². The van der Waals surface area contributed by atoms with E-state index in [0.717, 1.165) is 27.6 Å². The molecule has 4 heterocycles. The molecule has 0 spiro atoms. The van der Waals surface area contributed by atoms with E-state index >= 15 is 0 Å². The van der Waals surface area contributed by atoms with Crippen LogP contribution in [0.25, 0.3) is 22.1 Å². The van der Waals surface area contributed by atoms with Crippen LogP contribution in [0.1, 0.15) is 5.56 Å². The van der Waals surface area contributed by atoms with Crippen molar-refractivity contribution < 1.29 is 10.2 Å². The number of aliphatic hydroxyl groups is 1. The third-order valence-corrected chi connectivity index (χ3v) is 3.03. The molecule has 10 heteroatoms. The summed E-state index contributed by atoms with van der Waals surface area (Å²) in [7, 11) is 0. The first-order chi connectivity index (χ1) is 12.0. The van der Waals surface area contributed by atoms with Gasteiger partial charge in [-0.3, -0.25) is 0 Å². The van der Waals surface area contributed by atoms with Crippen molar-refractivity contribution >= 4 is 72.5 Å². The van der Waals surface area contributed by atoms with Crippen molar-refractivity contribution in [1.29, 1.82) is 0 Å². The summed E-state index contributed by atoms with van der Waals surface area (Å²) in [5.41, 5.74) is 2.51. The van der Waals surface area contributed by atoms with Crippen LogP contribution in [0.2, 0.25) is 0 Å². The molecule has 0 aliphatic heterocycles. The molecule has 4 rings (SSSR count). The number of nitrogens with zero attached hydrogens (tertiary/aromatic N) is 2. The Morgan fingerprint density at radius 2 is 1.44 bits per heavy atom. The van der Waals surface area contributed by atoms with Crippen molar-refractivity contribution in [2.75, 3.05) is 0 Å². The third kappa shape index (κ3) is 6.46. The number of H-pyrrole nitrogens is 2. The molecular weight excluding hydrogens is 519 g/mol. The summed E-state index contributed by atoms with van der Waals surface area (Å²) in [6.07, 6.45) is 6.70. The van der Waals surface area contributed by atoms with Crippen LogP contribution in [0.15, 0.2) is 49.1 Å². The number of rotatable bonds is 1. The summed E-state index contributed by atoms with van der Waals surface area (Å²) in [5, 5.41) is 19.7. The van der Waals surface area contributed by atoms with Gasteiger partial charge in [0, 0.05) is 29.4 Å². The van der Waals surface area contributed by atoms with E-state index in [1.165, 1.54) is 6.20 Å². The molecule has 25 heavy (non-hydrogen) atoms. The summed E-state index contributed by atoms with van der Waals surface area (Å²) in [4.78, 5) is 13.9. The van der Waals surface area contributed by atoms with Gasteiger partial charge in [-0.1, -0.05) is 0 Å². The standard InChI is InChI=1S/C8H8N2O.C7H6N2O.BBr3/c11-5-6-3-7-1-2-9-8(7)10-4-6;10-6-3-5-1-2-8-7(5)9-4-6;2-1(3)4/h1-4,11H,5H2,(H,9,10);1-4,10H,(H,8,9);. The van der Waals surface area contributed by atoms with E-state index in [0.29, 0.717) is 0 Å². The van der Waals surface area contributed by atoms with Crippen LogP contribution in [-0.2, 0) is 6.61 Å². The number of pyridine rings is 2. The zero-order valence-electron chi connectivity index (χ0n) is 12.8. The maximum atomic E-state index is 8.97. The second kappa shape index (κ2) is 9.96. The van der Waals surface area contributed by atoms with E-state index < -0.39 is 0 Å². The first-order valence-electron chi connectivity index (χ1n) is 7.07. The van der Waals surface area contributed by atoms with Crippen molar-refractivity contribution in [3.63, 3.8) is 0 Å². The lowest BCUT2D eigenvalue weighted by atomic mass is 10.2. The summed E-state index contributed by atoms with van der Waals surface area (Å²) >= 11 is 9.31. The van der Waals surface area contributed by atoms with Gasteiger partial charge >= 0.3 is 3.18 Å². The van der Waals surface area contributed by atoms with Gasteiger partial charge in [0.25, 0.3) is 0 Å². The lowest BCUT2D eigenvalue weighted by Crippen LogP contribution is -1.84. The van der Waals surface area contributed by atoms with Crippen LogP contribution in [0, 0.1) is 0 Å². The highest BCUT2D eigenvalue weighted by atomic mass is 79.9. The Bertz CT molecular complexity index is 926. The fourth-order valence-electron chi connectivity index (χ4n) is 2.00. The van der Waals surface area contributed by atoms with Gasteiger partial charge in [0.1, 0.15) is 17.0 Å². The molecule has 0 bridgehead atoms. The number of aromatic hydroxyl groups is 1. The lowest BCUT2D eigenvalue weighted by Gasteiger charge is -1.93. The summed E-state index contributed by atoms with van der Waals surface area (Å²) < 4.78 is 0.271. The van der Waals surface area contributed by atoms with E-state index in [-0.39, 0.29) is 15.5 Å². The topological polar surface area (TPSA) is 97.8 Å². The number of aromatic nitrogens is 4. The number of aromatic amines is 2. The maximum Gasteiger partial charge on any atom is 0.369 e. The molecule has 0 aliphatic rings. The zero-order chi connectivity index (χ0) is 18.2. The molecule has 0 saturated carbocycles. The molecule has 0 saturated heterocycles. The molecule has 0 fully saturated rings. The van der Waals surface area contributed by atoms with Gasteiger partial charge in [-0.15, -0.1) is 47.3 Å². The molecule has 0 atom stereocenters. The minimum absolute atomic E-state index is 0.0497. The van der Waals surface area contributed by atoms with Crippen LogP contribution < -0.4 is 0 Å². The minimum atomic E-state index is 0.0497. The van der Waals surface area contributed by atoms with E-state index in [1.54, 1.807) is 18.5 Å². The lowest BCUT2D eigenvalue weighted by molar-refractivity contribution is 0.281. The molecule has 4 aromatic heterocycles. The van der Waals surface area contributed by atoms with Gasteiger partial charge in [-0.05, 0) is 29.8 Å². The molecule has 0 unspecified atom stereocenters. The van der Waals surface area contributed by atoms with E-state index in [9.17, 15) is 0 Å². The normalized spacial score (nSPS) is 9.92. The van der Waals surface area contributed by atoms with Crippen LogP contribution in [0.4, 0.5) is 0 Å². The average molecular weight is 533 g/mol. The van der Waals surface area contributed by atoms with Crippen molar-refractivity contribution in [1.82, 2.24) is 19.9 Å². The quantitative estimate of drug-likeness (QED) is 0.272. The van der Waals surface area contributed by atoms with Crippen LogP contribution in [-0.4, -0.2) is 33.3 Å². The van der Waals surface area contributed by atoms with Crippen molar-refractivity contribution in [3.05, 3.63) is 54.6 Å². The van der Waals surface area contributed by atoms with Gasteiger partial charge in [0.15, 0.2) is 0 Å². The molecule has 6 nitrogen and oxygen atoms in total. The molecule has 0 aromatic carbocycles. The molecule has 130 valence electrons. The fraction of sp³-hybridized carbons (Fsp3) is 0.0667. The molecule has 0 radical (unpaired) electrons. The molecule has 0 aliphatic carbocycles. The van der Waals surface area contributed by atoms with Crippen molar-refractivity contribution in [2.45, 2.75) is 6.61 Å². The van der Waals surface area contributed by atoms with Crippen LogP contribution in [0.3, 0.4) is 0 Å². The van der Waals surface area contributed by atoms with Crippen LogP contribution in [0.5, 0.6) is 5.75 Å². The second-order valence-electron chi connectivity index (χ2n) is 4.77. The highest BCUT2D eigenvalue weighted by molar-refractivity contribution is 9.69. The third-order valence-electron chi connectivity index (χ3n) is 3.03. The maximum absolute atomic E-state index is 8.97. The Morgan fingerprint density at radius 3 is 2.00 bits per heavy atom. The van der Waals surface area contributed by atoms with E-state index in [1.807, 2.05) is 24.4 Å². The number of nitrogens with one attached hydrogen (secondary N) is 2. The Morgan fingerprint density at radius 1 is 0.920 bits per heavy atom. The fourth-order valence-corrected chi connectivity index (χ4v) is 2.00. The average Bonchev–Trinajstić information content (AvgIpc) is 3.22. The second-order valence-corrected chi connectivity index (χ2v) is 11.2. The SMILES string of the molecule is BrB(Br)Br.OCc1cnc2[nH]ccc2c1.Oc1cnc2[nH]ccc2c1. The number of fused-ring (bicyclic) bond motifs is 2. The Balaban J connectivity index is 0.000000150. The smallest absolute Gasteiger partial charge is 0.369 e. The van der Waals surface area contributed by atoms with E-state index in [4.69, 9.17) is 10.2 Å². The number of hydrogen-bond acceptors (Lipinski definition) is 4. The molecule has 0 amide bonds. The predicted molar refractivity (Wildman–Crippen MR) is 112 cm³/mol. The molecule has 4 aromatic rings. The van der Waals surface area contributed by atoms with Crippen molar-refractivity contribution in [2.24, 2.45) is 0 Å². The van der Waals surface area contributed by atoms with E-state index in [2.05, 4.69) is 67.2 Å². The number of halogens is 3. The first-order valence-corrected chi connectivity index (χ1v) is 9.81. The highest BCUT2D eigenvalue weighted by Crippen LogP contribution is 2.14. The van der Waals surface area contributed by atoms with Gasteiger partial charge in [0.05, 0.1) is 12.8 Å². The minimum Gasteiger partial charge on any atom is -0.506 e. The van der Waals surface area contributed by atoms with Gasteiger partial charge < -0.3 is 20.2 Å². The number of aliphatic hydroxyl groups excluding tert-OH is 1. The molecular formula is C15H14BBr3N4O2. The summed E-state index contributed by atoms with van der Waals surface area (Å²) in [5.74, 6) is 0.201. The Kier molecular flexibility index (Phi) is 7.95. The Labute approximate surface area is 169 Å². The van der Waals surface area contributed by atoms with Crippen LogP contribution >= 0.6 is 47.3 Å². The highest BCUT2D eigenvalue weighted by Gasteiger charge is 1.96. The summed E-state index contributed by atoms with van der Waals surface area (Å²) in [6, 6.07) is 7.38. The Hall–Kier alpha value is -1.36. The first kappa shape index (κ1) is 20.0. The predicted octanol–water partition coefficient (Wildman–Crippen LogP) is 4.48. The van der Waals surface area contributed by atoms with Gasteiger partial charge in [-0.25, -0.2) is 9.97 Å².